The fraction of sp³-hybridized carbons (Fsp3) is 0.500. The van der Waals surface area contributed by atoms with E-state index in [0.717, 1.165) is 24.2 Å². The summed E-state index contributed by atoms with van der Waals surface area (Å²) in [7, 11) is 1.62. The van der Waals surface area contributed by atoms with Crippen LogP contribution in [0, 0.1) is 0 Å². The molecule has 0 atom stereocenters. The topological polar surface area (TPSA) is 70.2 Å². The van der Waals surface area contributed by atoms with Gasteiger partial charge in [0.15, 0.2) is 0 Å². The molecule has 21 heavy (non-hydrogen) atoms. The molecule has 1 aromatic carbocycles. The molecule has 0 spiro atoms. The molecule has 5 heteroatoms. The number of benzene rings is 1. The smallest absolute Gasteiger partial charge is 0.224 e. The number of amides is 2. The van der Waals surface area contributed by atoms with Crippen LogP contribution in [-0.2, 0) is 16.0 Å². The van der Waals surface area contributed by atoms with Gasteiger partial charge in [0.1, 0.15) is 0 Å². The summed E-state index contributed by atoms with van der Waals surface area (Å²) in [5.74, 6) is -0.0101. The summed E-state index contributed by atoms with van der Waals surface area (Å²) in [6.07, 6.45) is 1.67. The Morgan fingerprint density at radius 1 is 1.10 bits per heavy atom. The van der Waals surface area contributed by atoms with Gasteiger partial charge in [-0.05, 0) is 30.7 Å². The molecule has 2 amide bonds. The summed E-state index contributed by atoms with van der Waals surface area (Å²) >= 11 is 0. The second-order valence-electron chi connectivity index (χ2n) is 5.31. The molecule has 1 rings (SSSR count). The first-order chi connectivity index (χ1) is 10.0. The Morgan fingerprint density at radius 3 is 2.33 bits per heavy atom. The fourth-order valence-corrected chi connectivity index (χ4v) is 1.84. The molecule has 1 aromatic rings. The van der Waals surface area contributed by atoms with Crippen molar-refractivity contribution >= 4 is 17.5 Å². The number of carbonyl (C=O) groups excluding carboxylic acids is 2. The first-order valence-corrected chi connectivity index (χ1v) is 7.34. The van der Waals surface area contributed by atoms with Crippen LogP contribution in [0.4, 0.5) is 5.69 Å². The molecule has 0 aliphatic heterocycles. The van der Waals surface area contributed by atoms with Gasteiger partial charge >= 0.3 is 0 Å². The van der Waals surface area contributed by atoms with Crippen LogP contribution in [0.15, 0.2) is 24.3 Å². The van der Waals surface area contributed by atoms with E-state index in [0.29, 0.717) is 18.9 Å². The number of nitrogens with one attached hydrogen (secondary N) is 3. The van der Waals surface area contributed by atoms with Crippen molar-refractivity contribution in [3.8, 4) is 0 Å². The molecule has 0 aromatic heterocycles. The Bertz CT molecular complexity index is 455. The lowest BCUT2D eigenvalue weighted by molar-refractivity contribution is -0.120. The Labute approximate surface area is 126 Å². The number of carbonyl (C=O) groups is 2. The molecule has 5 nitrogen and oxygen atoms in total. The third kappa shape index (κ3) is 7.46. The van der Waals surface area contributed by atoms with Crippen molar-refractivity contribution in [1.29, 1.82) is 0 Å². The zero-order valence-electron chi connectivity index (χ0n) is 13.0. The van der Waals surface area contributed by atoms with Crippen LogP contribution in [0.1, 0.15) is 32.3 Å². The summed E-state index contributed by atoms with van der Waals surface area (Å²) in [5, 5.41) is 8.72. The summed E-state index contributed by atoms with van der Waals surface area (Å²) < 4.78 is 0. The maximum atomic E-state index is 11.8. The van der Waals surface area contributed by atoms with Gasteiger partial charge in [0, 0.05) is 25.2 Å². The van der Waals surface area contributed by atoms with Crippen LogP contribution in [0.25, 0.3) is 0 Å². The van der Waals surface area contributed by atoms with Crippen molar-refractivity contribution in [2.75, 3.05) is 18.9 Å². The van der Waals surface area contributed by atoms with Crippen LogP contribution in [0.3, 0.4) is 0 Å². The minimum Gasteiger partial charge on any atom is -0.359 e. The third-order valence-electron chi connectivity index (χ3n) is 3.01. The Hall–Kier alpha value is -1.88. The van der Waals surface area contributed by atoms with Gasteiger partial charge < -0.3 is 16.0 Å². The average molecular weight is 291 g/mol. The maximum absolute atomic E-state index is 11.8. The van der Waals surface area contributed by atoms with Gasteiger partial charge in [0.05, 0.1) is 6.42 Å². The Kier molecular flexibility index (Phi) is 7.46. The SMILES string of the molecule is CNC(=O)Cc1ccc(NC(=O)CCCNC(C)C)cc1. The van der Waals surface area contributed by atoms with E-state index in [9.17, 15) is 9.59 Å². The molecule has 0 saturated carbocycles. The van der Waals surface area contributed by atoms with Gasteiger partial charge in [0.25, 0.3) is 0 Å². The zero-order valence-corrected chi connectivity index (χ0v) is 13.0. The molecule has 0 heterocycles. The van der Waals surface area contributed by atoms with Crippen molar-refractivity contribution in [1.82, 2.24) is 10.6 Å². The van der Waals surface area contributed by atoms with Gasteiger partial charge in [0.2, 0.25) is 11.8 Å². The summed E-state index contributed by atoms with van der Waals surface area (Å²) in [6, 6.07) is 7.79. The molecular formula is C16H25N3O2. The first-order valence-electron chi connectivity index (χ1n) is 7.34. The minimum atomic E-state index is -0.0237. The Balaban J connectivity index is 2.34. The van der Waals surface area contributed by atoms with Crippen LogP contribution in [-0.4, -0.2) is 31.4 Å². The van der Waals surface area contributed by atoms with E-state index in [-0.39, 0.29) is 11.8 Å². The number of hydrogen-bond donors (Lipinski definition) is 3. The monoisotopic (exact) mass is 291 g/mol. The lowest BCUT2D eigenvalue weighted by Crippen LogP contribution is -2.24. The Morgan fingerprint density at radius 2 is 1.76 bits per heavy atom. The van der Waals surface area contributed by atoms with Crippen molar-refractivity contribution < 1.29 is 9.59 Å². The van der Waals surface area contributed by atoms with Gasteiger partial charge in [-0.15, -0.1) is 0 Å². The maximum Gasteiger partial charge on any atom is 0.224 e. The van der Waals surface area contributed by atoms with E-state index in [1.165, 1.54) is 0 Å². The van der Waals surface area contributed by atoms with Crippen LogP contribution < -0.4 is 16.0 Å². The van der Waals surface area contributed by atoms with Crippen LogP contribution in [0.5, 0.6) is 0 Å². The highest BCUT2D eigenvalue weighted by molar-refractivity contribution is 5.90. The number of rotatable bonds is 8. The van der Waals surface area contributed by atoms with Gasteiger partial charge in [-0.3, -0.25) is 9.59 Å². The second kappa shape index (κ2) is 9.13. The van der Waals surface area contributed by atoms with E-state index in [4.69, 9.17) is 0 Å². The van der Waals surface area contributed by atoms with E-state index in [1.807, 2.05) is 24.3 Å². The van der Waals surface area contributed by atoms with Crippen molar-refractivity contribution in [3.05, 3.63) is 29.8 Å². The van der Waals surface area contributed by atoms with E-state index >= 15 is 0 Å². The molecule has 0 saturated heterocycles. The standard InChI is InChI=1S/C16H25N3O2/c1-12(2)18-10-4-5-15(20)19-14-8-6-13(7-9-14)11-16(21)17-3/h6-9,12,18H,4-5,10-11H2,1-3H3,(H,17,21)(H,19,20). The predicted molar refractivity (Wildman–Crippen MR) is 85.2 cm³/mol. The zero-order chi connectivity index (χ0) is 15.7. The van der Waals surface area contributed by atoms with E-state index in [1.54, 1.807) is 7.05 Å². The largest absolute Gasteiger partial charge is 0.359 e. The molecule has 116 valence electrons. The number of hydrogen-bond acceptors (Lipinski definition) is 3. The predicted octanol–water partition coefficient (Wildman–Crippen LogP) is 1.69. The van der Waals surface area contributed by atoms with Crippen molar-refractivity contribution in [2.45, 2.75) is 39.2 Å². The lowest BCUT2D eigenvalue weighted by atomic mass is 10.1. The normalized spacial score (nSPS) is 10.5. The molecule has 0 unspecified atom stereocenters. The van der Waals surface area contributed by atoms with Crippen LogP contribution in [0.2, 0.25) is 0 Å². The summed E-state index contributed by atoms with van der Waals surface area (Å²) in [5.41, 5.74) is 1.69. The third-order valence-corrected chi connectivity index (χ3v) is 3.01. The first kappa shape index (κ1) is 17.2. The van der Waals surface area contributed by atoms with Crippen molar-refractivity contribution in [2.24, 2.45) is 0 Å². The van der Waals surface area contributed by atoms with Gasteiger partial charge in [-0.1, -0.05) is 26.0 Å². The average Bonchev–Trinajstić information content (AvgIpc) is 2.45. The molecule has 0 aliphatic rings. The molecule has 0 aliphatic carbocycles. The van der Waals surface area contributed by atoms with Gasteiger partial charge in [-0.25, -0.2) is 0 Å². The minimum absolute atomic E-state index is 0.0135. The fourth-order valence-electron chi connectivity index (χ4n) is 1.84. The summed E-state index contributed by atoms with van der Waals surface area (Å²) in [6.45, 7) is 5.01. The second-order valence-corrected chi connectivity index (χ2v) is 5.31. The number of likely N-dealkylation sites (N-methyl/N-ethyl adjacent to an activating group) is 1. The lowest BCUT2D eigenvalue weighted by Gasteiger charge is -2.08. The molecule has 0 bridgehead atoms. The summed E-state index contributed by atoms with van der Waals surface area (Å²) in [4.78, 5) is 23.0. The molecular weight excluding hydrogens is 266 g/mol. The number of anilines is 1. The molecule has 0 radical (unpaired) electrons. The highest BCUT2D eigenvalue weighted by atomic mass is 16.2. The van der Waals surface area contributed by atoms with Crippen molar-refractivity contribution in [3.63, 3.8) is 0 Å². The molecule has 0 fully saturated rings. The molecule has 3 N–H and O–H groups in total. The highest BCUT2D eigenvalue weighted by Gasteiger charge is 2.04. The van der Waals surface area contributed by atoms with Gasteiger partial charge in [-0.2, -0.15) is 0 Å². The highest BCUT2D eigenvalue weighted by Crippen LogP contribution is 2.10. The quantitative estimate of drug-likeness (QED) is 0.638. The van der Waals surface area contributed by atoms with Crippen LogP contribution >= 0.6 is 0 Å². The van der Waals surface area contributed by atoms with E-state index in [2.05, 4.69) is 29.8 Å². The van der Waals surface area contributed by atoms with E-state index < -0.39 is 0 Å².